The van der Waals surface area contributed by atoms with Crippen molar-refractivity contribution in [1.29, 1.82) is 0 Å². The van der Waals surface area contributed by atoms with E-state index in [0.717, 1.165) is 55.1 Å². The Morgan fingerprint density at radius 2 is 1.53 bits per heavy atom. The fourth-order valence-corrected chi connectivity index (χ4v) is 5.18. The maximum Gasteiger partial charge on any atom is 0.310 e. The maximum atomic E-state index is 11.3. The first kappa shape index (κ1) is 26.1. The number of hydrogen-bond donors (Lipinski definition) is 3. The molecule has 3 N–H and O–H groups in total. The Morgan fingerprint density at radius 3 is 2.21 bits per heavy atom. The van der Waals surface area contributed by atoms with Crippen molar-refractivity contribution in [1.82, 2.24) is 0 Å². The van der Waals surface area contributed by atoms with Crippen LogP contribution in [0.2, 0.25) is 0 Å². The molecule has 0 aliphatic heterocycles. The van der Waals surface area contributed by atoms with Crippen molar-refractivity contribution in [3.8, 4) is 11.1 Å². The average Bonchev–Trinajstić information content (AvgIpc) is 3.12. The summed E-state index contributed by atoms with van der Waals surface area (Å²) < 4.78 is 4.72. The first-order valence-electron chi connectivity index (χ1n) is 12.5. The van der Waals surface area contributed by atoms with E-state index in [9.17, 15) is 20.1 Å². The molecule has 0 saturated heterocycles. The first-order valence-corrected chi connectivity index (χ1v) is 12.5. The lowest BCUT2D eigenvalue weighted by Gasteiger charge is -2.25. The third-order valence-corrected chi connectivity index (χ3v) is 7.08. The van der Waals surface area contributed by atoms with Crippen LogP contribution in [0.4, 0.5) is 0 Å². The van der Waals surface area contributed by atoms with Gasteiger partial charge in [0.25, 0.3) is 0 Å². The molecule has 5 nitrogen and oxygen atoms in total. The lowest BCUT2D eigenvalue weighted by atomic mass is 9.84. The van der Waals surface area contributed by atoms with Gasteiger partial charge in [-0.05, 0) is 60.6 Å². The van der Waals surface area contributed by atoms with Crippen LogP contribution in [0.3, 0.4) is 0 Å². The van der Waals surface area contributed by atoms with E-state index in [4.69, 9.17) is 4.74 Å². The Bertz CT molecular complexity index is 879. The predicted molar refractivity (Wildman–Crippen MR) is 134 cm³/mol. The molecule has 2 aromatic carbocycles. The number of carbonyl (C=O) groups is 1. The van der Waals surface area contributed by atoms with E-state index in [0.29, 0.717) is 25.7 Å². The molecule has 0 amide bonds. The molecular weight excluding hydrogens is 428 g/mol. The molecule has 1 unspecified atom stereocenters. The molecule has 1 aliphatic rings. The van der Waals surface area contributed by atoms with Crippen LogP contribution in [-0.4, -0.2) is 33.5 Å². The molecule has 1 aliphatic carbocycles. The zero-order valence-electron chi connectivity index (χ0n) is 19.9. The van der Waals surface area contributed by atoms with Crippen molar-refractivity contribution in [3.63, 3.8) is 0 Å². The summed E-state index contributed by atoms with van der Waals surface area (Å²) in [5, 5.41) is 31.8. The number of benzene rings is 2. The van der Waals surface area contributed by atoms with Crippen molar-refractivity contribution in [3.05, 3.63) is 73.0 Å². The van der Waals surface area contributed by atoms with Gasteiger partial charge in [0.1, 0.15) is 0 Å². The number of aliphatic hydroxyl groups excluding tert-OH is 3. The highest BCUT2D eigenvalue weighted by Crippen LogP contribution is 2.40. The Labute approximate surface area is 203 Å². The number of hydrogen-bond acceptors (Lipinski definition) is 5. The van der Waals surface area contributed by atoms with Crippen LogP contribution in [0.25, 0.3) is 11.1 Å². The molecule has 1 fully saturated rings. The molecule has 1 saturated carbocycles. The number of esters is 1. The fraction of sp³-hybridized carbons (Fsp3) is 0.483. The molecule has 0 radical (unpaired) electrons. The Balaban J connectivity index is 1.44. The smallest absolute Gasteiger partial charge is 0.310 e. The van der Waals surface area contributed by atoms with E-state index >= 15 is 0 Å². The van der Waals surface area contributed by atoms with Crippen LogP contribution in [-0.2, 0) is 9.53 Å². The van der Waals surface area contributed by atoms with Crippen molar-refractivity contribution >= 4 is 5.97 Å². The van der Waals surface area contributed by atoms with Gasteiger partial charge in [-0.1, -0.05) is 80.4 Å². The van der Waals surface area contributed by atoms with Gasteiger partial charge in [-0.3, -0.25) is 4.79 Å². The second-order valence-electron chi connectivity index (χ2n) is 9.39. The van der Waals surface area contributed by atoms with E-state index in [2.05, 4.69) is 18.7 Å². The van der Waals surface area contributed by atoms with Crippen LogP contribution in [0, 0.1) is 11.8 Å². The quantitative estimate of drug-likeness (QED) is 0.205. The maximum absolute atomic E-state index is 11.3. The van der Waals surface area contributed by atoms with Gasteiger partial charge < -0.3 is 20.1 Å². The highest BCUT2D eigenvalue weighted by molar-refractivity contribution is 5.69. The molecule has 2 aromatic rings. The van der Waals surface area contributed by atoms with E-state index < -0.39 is 18.3 Å². The van der Waals surface area contributed by atoms with Gasteiger partial charge >= 0.3 is 5.97 Å². The van der Waals surface area contributed by atoms with Gasteiger partial charge in [-0.15, -0.1) is 0 Å². The number of rotatable bonds is 13. The van der Waals surface area contributed by atoms with Crippen LogP contribution >= 0.6 is 0 Å². The van der Waals surface area contributed by atoms with Crippen molar-refractivity contribution in [2.45, 2.75) is 76.1 Å². The molecule has 0 heterocycles. The average molecular weight is 467 g/mol. The number of carbonyl (C=O) groups excluding carboxylic acids is 1. The molecule has 34 heavy (non-hydrogen) atoms. The lowest BCUT2D eigenvalue weighted by molar-refractivity contribution is -0.138. The molecular formula is C29H38O5. The summed E-state index contributed by atoms with van der Waals surface area (Å²) >= 11 is 0. The van der Waals surface area contributed by atoms with Crippen LogP contribution in [0.1, 0.15) is 69.5 Å². The van der Waals surface area contributed by atoms with Crippen LogP contribution in [0.15, 0.2) is 67.4 Å². The van der Waals surface area contributed by atoms with Crippen molar-refractivity contribution < 1.29 is 24.9 Å². The standard InChI is InChI=1S/C29H38O5/c1-2-34-29(33)13-9-4-3-8-12-24-25(28(32)20-27(24)31)18-19-26(30)23-16-14-22(15-17-23)21-10-6-5-7-11-21/h2,5-7,10-11,14-17,24-28,30-32H,1,3-4,8-9,12-13,18-20H2/t24-,25-,26?,27+,28-/m1/s1. The summed E-state index contributed by atoms with van der Waals surface area (Å²) in [5.41, 5.74) is 3.13. The Hall–Kier alpha value is -2.47. The largest absolute Gasteiger partial charge is 0.435 e. The normalized spacial score (nSPS) is 22.9. The number of unbranched alkanes of at least 4 members (excludes halogenated alkanes) is 3. The molecule has 5 heteroatoms. The zero-order valence-corrected chi connectivity index (χ0v) is 19.9. The molecule has 5 atom stereocenters. The van der Waals surface area contributed by atoms with Crippen molar-refractivity contribution in [2.24, 2.45) is 11.8 Å². The summed E-state index contributed by atoms with van der Waals surface area (Å²) in [6.45, 7) is 3.38. The second kappa shape index (κ2) is 13.4. The van der Waals surface area contributed by atoms with Gasteiger partial charge in [0.2, 0.25) is 0 Å². The zero-order chi connectivity index (χ0) is 24.3. The lowest BCUT2D eigenvalue weighted by Crippen LogP contribution is -2.23. The van der Waals surface area contributed by atoms with E-state index in [1.165, 1.54) is 0 Å². The monoisotopic (exact) mass is 466 g/mol. The van der Waals surface area contributed by atoms with Gasteiger partial charge in [0, 0.05) is 6.42 Å². The van der Waals surface area contributed by atoms with Crippen LogP contribution < -0.4 is 0 Å². The molecule has 0 spiro atoms. The molecule has 184 valence electrons. The van der Waals surface area contributed by atoms with E-state index in [1.54, 1.807) is 0 Å². The minimum atomic E-state index is -0.592. The molecule has 3 rings (SSSR count). The Morgan fingerprint density at radius 1 is 0.912 bits per heavy atom. The summed E-state index contributed by atoms with van der Waals surface area (Å²) in [6, 6.07) is 18.1. The SMILES string of the molecule is C=COC(=O)CCCCCC[C@@H]1[C@@H](CCC(O)c2ccc(-c3ccccc3)cc2)[C@H](O)C[C@@H]1O. The third-order valence-electron chi connectivity index (χ3n) is 7.08. The minimum Gasteiger partial charge on any atom is -0.435 e. The van der Waals surface area contributed by atoms with Crippen molar-refractivity contribution in [2.75, 3.05) is 0 Å². The minimum absolute atomic E-state index is 0.00388. The highest BCUT2D eigenvalue weighted by Gasteiger charge is 2.40. The summed E-state index contributed by atoms with van der Waals surface area (Å²) in [4.78, 5) is 11.3. The van der Waals surface area contributed by atoms with E-state index in [-0.39, 0.29) is 17.8 Å². The predicted octanol–water partition coefficient (Wildman–Crippen LogP) is 5.55. The topological polar surface area (TPSA) is 87.0 Å². The fourth-order valence-electron chi connectivity index (χ4n) is 5.18. The van der Waals surface area contributed by atoms with E-state index in [1.807, 2.05) is 42.5 Å². The summed E-state index contributed by atoms with van der Waals surface area (Å²) in [5.74, 6) is -0.207. The second-order valence-corrected chi connectivity index (χ2v) is 9.39. The number of ether oxygens (including phenoxy) is 1. The van der Waals surface area contributed by atoms with Gasteiger partial charge in [-0.25, -0.2) is 0 Å². The summed E-state index contributed by atoms with van der Waals surface area (Å²) in [7, 11) is 0. The Kier molecular flexibility index (Phi) is 10.3. The first-order chi connectivity index (χ1) is 16.5. The van der Waals surface area contributed by atoms with Gasteiger partial charge in [0.05, 0.1) is 24.6 Å². The van der Waals surface area contributed by atoms with Gasteiger partial charge in [-0.2, -0.15) is 0 Å². The highest BCUT2D eigenvalue weighted by atomic mass is 16.5. The molecule has 0 bridgehead atoms. The summed E-state index contributed by atoms with van der Waals surface area (Å²) in [6.07, 6.45) is 6.06. The van der Waals surface area contributed by atoms with Crippen LogP contribution in [0.5, 0.6) is 0 Å². The number of aliphatic hydroxyl groups is 3. The molecule has 0 aromatic heterocycles. The van der Waals surface area contributed by atoms with Gasteiger partial charge in [0.15, 0.2) is 0 Å². The third kappa shape index (κ3) is 7.52.